The second-order valence-corrected chi connectivity index (χ2v) is 6.39. The lowest BCUT2D eigenvalue weighted by Crippen LogP contribution is -2.24. The summed E-state index contributed by atoms with van der Waals surface area (Å²) in [6.45, 7) is -0.412. The van der Waals surface area contributed by atoms with Crippen molar-refractivity contribution in [2.24, 2.45) is 0 Å². The molecule has 0 bridgehead atoms. The molecular formula is C16H11F4NO2S. The van der Waals surface area contributed by atoms with Crippen molar-refractivity contribution in [1.82, 2.24) is 4.72 Å². The van der Waals surface area contributed by atoms with Gasteiger partial charge in [-0.05, 0) is 30.3 Å². The van der Waals surface area contributed by atoms with Crippen LogP contribution in [0.3, 0.4) is 0 Å². The SMILES string of the molecule is O=S(=O)(NCC#Cc1ccccc1C(F)(F)F)c1cccc(F)c1. The highest BCUT2D eigenvalue weighted by atomic mass is 32.2. The molecule has 0 amide bonds. The Balaban J connectivity index is 2.13. The molecule has 0 saturated carbocycles. The van der Waals surface area contributed by atoms with Crippen molar-refractivity contribution in [3.63, 3.8) is 0 Å². The van der Waals surface area contributed by atoms with E-state index in [1.54, 1.807) is 0 Å². The van der Waals surface area contributed by atoms with Gasteiger partial charge in [0, 0.05) is 5.56 Å². The standard InChI is InChI=1S/C16H11F4NO2S/c17-13-7-3-8-14(11-13)24(22,23)21-10-4-6-12-5-1-2-9-15(12)16(18,19)20/h1-3,5,7-9,11,21H,10H2. The number of hydrogen-bond donors (Lipinski definition) is 1. The average Bonchev–Trinajstić information content (AvgIpc) is 2.51. The number of benzene rings is 2. The van der Waals surface area contributed by atoms with Gasteiger partial charge < -0.3 is 0 Å². The maximum atomic E-state index is 13.0. The van der Waals surface area contributed by atoms with Crippen molar-refractivity contribution in [2.45, 2.75) is 11.1 Å². The summed E-state index contributed by atoms with van der Waals surface area (Å²) in [5.41, 5.74) is -1.15. The number of alkyl halides is 3. The molecule has 2 rings (SSSR count). The maximum absolute atomic E-state index is 13.0. The molecule has 0 aromatic heterocycles. The summed E-state index contributed by atoms with van der Waals surface area (Å²) in [6.07, 6.45) is -4.55. The summed E-state index contributed by atoms with van der Waals surface area (Å²) in [5.74, 6) is 3.89. The van der Waals surface area contributed by atoms with Crippen LogP contribution in [-0.4, -0.2) is 15.0 Å². The van der Waals surface area contributed by atoms with E-state index in [4.69, 9.17) is 0 Å². The van der Waals surface area contributed by atoms with E-state index in [9.17, 15) is 26.0 Å². The fourth-order valence-electron chi connectivity index (χ4n) is 1.83. The van der Waals surface area contributed by atoms with E-state index in [1.165, 1.54) is 30.3 Å². The first-order valence-corrected chi connectivity index (χ1v) is 8.09. The Bertz CT molecular complexity index is 896. The summed E-state index contributed by atoms with van der Waals surface area (Å²) in [5, 5.41) is 0. The smallest absolute Gasteiger partial charge is 0.207 e. The van der Waals surface area contributed by atoms with Crippen molar-refractivity contribution >= 4 is 10.0 Å². The highest BCUT2D eigenvalue weighted by Gasteiger charge is 2.32. The van der Waals surface area contributed by atoms with Gasteiger partial charge in [0.2, 0.25) is 10.0 Å². The van der Waals surface area contributed by atoms with Crippen LogP contribution in [0.4, 0.5) is 17.6 Å². The third kappa shape index (κ3) is 4.57. The molecule has 8 heteroatoms. The number of rotatable bonds is 3. The minimum atomic E-state index is -4.55. The van der Waals surface area contributed by atoms with Gasteiger partial charge in [-0.3, -0.25) is 0 Å². The summed E-state index contributed by atoms with van der Waals surface area (Å²) in [4.78, 5) is -0.292. The van der Waals surface area contributed by atoms with Crippen LogP contribution in [0, 0.1) is 17.7 Å². The molecule has 0 aliphatic rings. The Labute approximate surface area is 136 Å². The molecule has 2 aromatic carbocycles. The van der Waals surface area contributed by atoms with Gasteiger partial charge in [0.05, 0.1) is 17.0 Å². The molecule has 24 heavy (non-hydrogen) atoms. The summed E-state index contributed by atoms with van der Waals surface area (Å²) >= 11 is 0. The van der Waals surface area contributed by atoms with E-state index in [1.807, 2.05) is 0 Å². The molecule has 2 aromatic rings. The molecule has 0 atom stereocenters. The molecule has 0 fully saturated rings. The van der Waals surface area contributed by atoms with E-state index >= 15 is 0 Å². The van der Waals surface area contributed by atoms with Crippen molar-refractivity contribution < 1.29 is 26.0 Å². The van der Waals surface area contributed by atoms with Crippen LogP contribution in [-0.2, 0) is 16.2 Å². The lowest BCUT2D eigenvalue weighted by molar-refractivity contribution is -0.137. The molecule has 0 saturated heterocycles. The van der Waals surface area contributed by atoms with Gasteiger partial charge in [-0.1, -0.05) is 30.0 Å². The van der Waals surface area contributed by atoms with Gasteiger partial charge in [-0.25, -0.2) is 12.8 Å². The molecule has 1 N–H and O–H groups in total. The first-order valence-electron chi connectivity index (χ1n) is 6.60. The molecule has 0 heterocycles. The summed E-state index contributed by atoms with van der Waals surface area (Å²) in [6, 6.07) is 9.06. The number of halogens is 4. The van der Waals surface area contributed by atoms with E-state index in [0.717, 1.165) is 18.2 Å². The zero-order chi connectivity index (χ0) is 17.8. The molecule has 0 spiro atoms. The van der Waals surface area contributed by atoms with Crippen molar-refractivity contribution in [1.29, 1.82) is 0 Å². The highest BCUT2D eigenvalue weighted by molar-refractivity contribution is 7.89. The Morgan fingerprint density at radius 3 is 2.42 bits per heavy atom. The van der Waals surface area contributed by atoms with Gasteiger partial charge in [-0.15, -0.1) is 0 Å². The topological polar surface area (TPSA) is 46.2 Å². The van der Waals surface area contributed by atoms with Crippen LogP contribution in [0.25, 0.3) is 0 Å². The molecule has 0 unspecified atom stereocenters. The van der Waals surface area contributed by atoms with Crippen LogP contribution < -0.4 is 4.72 Å². The third-order valence-corrected chi connectivity index (χ3v) is 4.31. The molecule has 126 valence electrons. The monoisotopic (exact) mass is 357 g/mol. The molecule has 0 radical (unpaired) electrons. The largest absolute Gasteiger partial charge is 0.417 e. The van der Waals surface area contributed by atoms with E-state index in [0.29, 0.717) is 0 Å². The summed E-state index contributed by atoms with van der Waals surface area (Å²) < 4.78 is 77.3. The van der Waals surface area contributed by atoms with Gasteiger partial charge >= 0.3 is 6.18 Å². The van der Waals surface area contributed by atoms with Crippen LogP contribution in [0.1, 0.15) is 11.1 Å². The Kier molecular flexibility index (Phi) is 5.26. The number of nitrogens with one attached hydrogen (secondary N) is 1. The molecule has 0 aliphatic carbocycles. The zero-order valence-corrected chi connectivity index (χ0v) is 12.9. The molecular weight excluding hydrogens is 346 g/mol. The fourth-order valence-corrected chi connectivity index (χ4v) is 2.78. The first kappa shape index (κ1) is 18.0. The van der Waals surface area contributed by atoms with Crippen LogP contribution in [0.2, 0.25) is 0 Å². The highest BCUT2D eigenvalue weighted by Crippen LogP contribution is 2.31. The predicted molar refractivity (Wildman–Crippen MR) is 79.9 cm³/mol. The van der Waals surface area contributed by atoms with Gasteiger partial charge in [-0.2, -0.15) is 17.9 Å². The predicted octanol–water partition coefficient (Wildman–Crippen LogP) is 3.17. The number of sulfonamides is 1. The van der Waals surface area contributed by atoms with E-state index in [2.05, 4.69) is 16.6 Å². The Morgan fingerprint density at radius 2 is 1.75 bits per heavy atom. The van der Waals surface area contributed by atoms with Gasteiger partial charge in [0.1, 0.15) is 5.82 Å². The zero-order valence-electron chi connectivity index (χ0n) is 12.1. The van der Waals surface area contributed by atoms with Gasteiger partial charge in [0.15, 0.2) is 0 Å². The lowest BCUT2D eigenvalue weighted by Gasteiger charge is -2.08. The third-order valence-electron chi connectivity index (χ3n) is 2.91. The van der Waals surface area contributed by atoms with E-state index in [-0.39, 0.29) is 10.5 Å². The first-order chi connectivity index (χ1) is 11.2. The molecule has 0 aliphatic heterocycles. The van der Waals surface area contributed by atoms with Crippen LogP contribution >= 0.6 is 0 Å². The Hall–Kier alpha value is -2.37. The second kappa shape index (κ2) is 7.03. The van der Waals surface area contributed by atoms with Gasteiger partial charge in [0.25, 0.3) is 0 Å². The van der Waals surface area contributed by atoms with Crippen molar-refractivity contribution in [2.75, 3.05) is 6.54 Å². The lowest BCUT2D eigenvalue weighted by atomic mass is 10.1. The Morgan fingerprint density at radius 1 is 1.04 bits per heavy atom. The minimum absolute atomic E-state index is 0.255. The molecule has 3 nitrogen and oxygen atoms in total. The minimum Gasteiger partial charge on any atom is -0.207 e. The van der Waals surface area contributed by atoms with E-state index < -0.39 is 34.1 Å². The van der Waals surface area contributed by atoms with Crippen LogP contribution in [0.15, 0.2) is 53.4 Å². The summed E-state index contributed by atoms with van der Waals surface area (Å²) in [7, 11) is -3.99. The average molecular weight is 357 g/mol. The van der Waals surface area contributed by atoms with Crippen LogP contribution in [0.5, 0.6) is 0 Å². The van der Waals surface area contributed by atoms with Crippen molar-refractivity contribution in [3.05, 3.63) is 65.5 Å². The normalized spacial score (nSPS) is 11.7. The fraction of sp³-hybridized carbons (Fsp3) is 0.125. The number of hydrogen-bond acceptors (Lipinski definition) is 2. The second-order valence-electron chi connectivity index (χ2n) is 4.63. The van der Waals surface area contributed by atoms with Crippen molar-refractivity contribution in [3.8, 4) is 11.8 Å². The maximum Gasteiger partial charge on any atom is 0.417 e. The quantitative estimate of drug-likeness (QED) is 0.678.